The lowest BCUT2D eigenvalue weighted by Crippen LogP contribution is -2.48. The first-order valence-electron chi connectivity index (χ1n) is 12.1. The number of non-ortho nitro benzene ring substituents is 1. The van der Waals surface area contributed by atoms with Crippen molar-refractivity contribution >= 4 is 46.5 Å². The van der Waals surface area contributed by atoms with E-state index >= 15 is 0 Å². The molecule has 4 atom stereocenters. The fraction of sp³-hybridized carbons (Fsp3) is 0.172. The summed E-state index contributed by atoms with van der Waals surface area (Å²) in [6, 6.07) is 17.5. The van der Waals surface area contributed by atoms with E-state index in [-0.39, 0.29) is 17.0 Å². The Morgan fingerprint density at radius 1 is 0.868 bits per heavy atom. The molecule has 0 saturated carbocycles. The van der Waals surface area contributed by atoms with Gasteiger partial charge in [-0.3, -0.25) is 29.3 Å². The maximum Gasteiger partial charge on any atom is 0.270 e. The summed E-state index contributed by atoms with van der Waals surface area (Å²) in [5.41, 5.74) is 2.20. The van der Waals surface area contributed by atoms with Crippen LogP contribution in [0.5, 0.6) is 0 Å². The van der Waals surface area contributed by atoms with Gasteiger partial charge < -0.3 is 4.90 Å². The molecule has 3 aliphatic heterocycles. The Kier molecular flexibility index (Phi) is 5.30. The van der Waals surface area contributed by atoms with Gasteiger partial charge in [0.05, 0.1) is 28.5 Å². The van der Waals surface area contributed by atoms with E-state index in [4.69, 9.17) is 0 Å². The van der Waals surface area contributed by atoms with Gasteiger partial charge in [0.2, 0.25) is 11.8 Å². The number of hydrogen-bond acceptors (Lipinski definition) is 7. The van der Waals surface area contributed by atoms with Crippen LogP contribution in [0.1, 0.15) is 33.2 Å². The third-order valence-corrected chi connectivity index (χ3v) is 7.56. The third kappa shape index (κ3) is 3.39. The van der Waals surface area contributed by atoms with Crippen LogP contribution in [0, 0.1) is 22.0 Å². The molecule has 3 aromatic rings. The van der Waals surface area contributed by atoms with Crippen LogP contribution >= 0.6 is 0 Å². The van der Waals surface area contributed by atoms with Gasteiger partial charge in [-0.1, -0.05) is 42.5 Å². The molecule has 2 amide bonds. The van der Waals surface area contributed by atoms with Gasteiger partial charge in [0.15, 0.2) is 11.6 Å². The average Bonchev–Trinajstić information content (AvgIpc) is 3.40. The topological polar surface area (TPSA) is 118 Å². The Bertz CT molecular complexity index is 1580. The molecule has 0 aromatic heterocycles. The molecule has 0 unspecified atom stereocenters. The van der Waals surface area contributed by atoms with Crippen molar-refractivity contribution < 1.29 is 24.1 Å². The minimum absolute atomic E-state index is 0.0974. The summed E-state index contributed by atoms with van der Waals surface area (Å²) in [4.78, 5) is 67.2. The van der Waals surface area contributed by atoms with Crippen LogP contribution in [-0.2, 0) is 9.59 Å². The fourth-order valence-electron chi connectivity index (χ4n) is 5.86. The van der Waals surface area contributed by atoms with E-state index in [1.165, 1.54) is 31.2 Å². The number of rotatable bonds is 5. The molecule has 3 heterocycles. The van der Waals surface area contributed by atoms with Crippen LogP contribution in [0.4, 0.5) is 17.1 Å². The zero-order valence-corrected chi connectivity index (χ0v) is 20.2. The minimum atomic E-state index is -1.05. The predicted octanol–water partition coefficient (Wildman–Crippen LogP) is 4.07. The van der Waals surface area contributed by atoms with Crippen molar-refractivity contribution in [3.8, 4) is 0 Å². The van der Waals surface area contributed by atoms with Crippen molar-refractivity contribution in [3.63, 3.8) is 0 Å². The van der Waals surface area contributed by atoms with E-state index in [0.717, 1.165) is 16.2 Å². The van der Waals surface area contributed by atoms with Gasteiger partial charge in [0, 0.05) is 28.9 Å². The molecule has 2 saturated heterocycles. The first-order chi connectivity index (χ1) is 18.3. The number of nitro groups is 1. The molecular weight excluding hydrogens is 486 g/mol. The van der Waals surface area contributed by atoms with Crippen LogP contribution in [0.3, 0.4) is 0 Å². The summed E-state index contributed by atoms with van der Waals surface area (Å²) in [6.07, 6.45) is 3.73. The second kappa shape index (κ2) is 8.58. The summed E-state index contributed by atoms with van der Waals surface area (Å²) in [6.45, 7) is 1.43. The van der Waals surface area contributed by atoms with E-state index in [9.17, 15) is 29.3 Å². The van der Waals surface area contributed by atoms with Gasteiger partial charge in [0.1, 0.15) is 6.04 Å². The number of anilines is 2. The summed E-state index contributed by atoms with van der Waals surface area (Å²) in [5, 5.41) is 11.4. The first-order valence-corrected chi connectivity index (χ1v) is 12.1. The maximum absolute atomic E-state index is 14.0. The van der Waals surface area contributed by atoms with Crippen LogP contribution < -0.4 is 9.80 Å². The van der Waals surface area contributed by atoms with E-state index in [1.54, 1.807) is 24.3 Å². The zero-order valence-electron chi connectivity index (χ0n) is 20.2. The third-order valence-electron chi connectivity index (χ3n) is 7.56. The maximum atomic E-state index is 14.0. The van der Waals surface area contributed by atoms with Gasteiger partial charge in [-0.2, -0.15) is 0 Å². The molecule has 0 radical (unpaired) electrons. The summed E-state index contributed by atoms with van der Waals surface area (Å²) >= 11 is 0. The normalized spacial score (nSPS) is 23.2. The largest absolute Gasteiger partial charge is 0.352 e. The molecule has 6 rings (SSSR count). The van der Waals surface area contributed by atoms with Crippen LogP contribution in [0.15, 0.2) is 78.9 Å². The van der Waals surface area contributed by atoms with Crippen molar-refractivity contribution in [1.82, 2.24) is 0 Å². The minimum Gasteiger partial charge on any atom is -0.352 e. The predicted molar refractivity (Wildman–Crippen MR) is 139 cm³/mol. The molecule has 3 aliphatic rings. The highest BCUT2D eigenvalue weighted by molar-refractivity contribution is 6.25. The molecule has 0 bridgehead atoms. The van der Waals surface area contributed by atoms with Gasteiger partial charge in [-0.05, 0) is 42.8 Å². The highest BCUT2D eigenvalue weighted by Gasteiger charge is 2.64. The number of imide groups is 1. The van der Waals surface area contributed by atoms with E-state index in [1.807, 2.05) is 41.3 Å². The van der Waals surface area contributed by atoms with Gasteiger partial charge in [-0.25, -0.2) is 4.90 Å². The number of nitro benzene ring substituents is 1. The molecule has 0 N–H and O–H groups in total. The molecule has 2 fully saturated rings. The van der Waals surface area contributed by atoms with Gasteiger partial charge >= 0.3 is 0 Å². The molecule has 3 aromatic carbocycles. The van der Waals surface area contributed by atoms with Crippen molar-refractivity contribution in [2.45, 2.75) is 19.0 Å². The average molecular weight is 508 g/mol. The first kappa shape index (κ1) is 23.5. The second-order valence-corrected chi connectivity index (χ2v) is 9.60. The van der Waals surface area contributed by atoms with Crippen molar-refractivity contribution in [2.24, 2.45) is 11.8 Å². The molecule has 0 aliphatic carbocycles. The Hall–Kier alpha value is -4.92. The lowest BCUT2D eigenvalue weighted by molar-refractivity contribution is -0.384. The van der Waals surface area contributed by atoms with Crippen molar-refractivity contribution in [3.05, 3.63) is 106 Å². The highest BCUT2D eigenvalue weighted by Crippen LogP contribution is 2.49. The number of hydrogen-bond donors (Lipinski definition) is 0. The van der Waals surface area contributed by atoms with Gasteiger partial charge in [0.25, 0.3) is 5.69 Å². The Morgan fingerprint density at radius 2 is 1.58 bits per heavy atom. The van der Waals surface area contributed by atoms with Crippen molar-refractivity contribution in [1.29, 1.82) is 0 Å². The number of carbonyl (C=O) groups is 4. The molecule has 9 nitrogen and oxygen atoms in total. The Balaban J connectivity index is 1.47. The molecule has 9 heteroatoms. The second-order valence-electron chi connectivity index (χ2n) is 9.60. The Morgan fingerprint density at radius 3 is 2.29 bits per heavy atom. The number of fused-ring (bicyclic) bond motifs is 5. The van der Waals surface area contributed by atoms with Crippen molar-refractivity contribution in [2.75, 3.05) is 9.80 Å². The number of benzene rings is 3. The van der Waals surface area contributed by atoms with Gasteiger partial charge in [-0.15, -0.1) is 0 Å². The number of Topliss-reactive ketones (excluding diaryl/α,β-unsaturated/α-hetero) is 2. The molecule has 38 heavy (non-hydrogen) atoms. The Labute approximate surface area is 217 Å². The smallest absolute Gasteiger partial charge is 0.270 e. The molecule has 0 spiro atoms. The SMILES string of the molecule is CC(=O)c1ccc(N2C(=O)[C@@H]3[C@H](C2=O)[C@@H](C(=O)c2cccc([N+](=O)[O-])c2)N2c4ccccc4C=C[C@@H]32)cc1. The lowest BCUT2D eigenvalue weighted by atomic mass is 9.86. The standard InChI is InChI=1S/C29H21N3O6/c1-16(33)17-9-12-20(13-10-17)30-28(35)24-23-14-11-18-5-2-3-8-22(18)31(23)26(25(24)29(30)36)27(34)19-6-4-7-21(15-19)32(37)38/h2-15,23-26H,1H3/t23-,24-,25-,26-/m0/s1. The summed E-state index contributed by atoms with van der Waals surface area (Å²) in [7, 11) is 0. The zero-order chi connectivity index (χ0) is 26.7. The number of nitrogens with zero attached hydrogens (tertiary/aromatic N) is 3. The quantitative estimate of drug-likeness (QED) is 0.221. The van der Waals surface area contributed by atoms with Crippen LogP contribution in [0.25, 0.3) is 6.08 Å². The fourth-order valence-corrected chi connectivity index (χ4v) is 5.86. The monoisotopic (exact) mass is 507 g/mol. The summed E-state index contributed by atoms with van der Waals surface area (Å²) in [5.74, 6) is -3.37. The number of carbonyl (C=O) groups excluding carboxylic acids is 4. The summed E-state index contributed by atoms with van der Waals surface area (Å²) < 4.78 is 0. The number of para-hydroxylation sites is 1. The molecule has 188 valence electrons. The lowest BCUT2D eigenvalue weighted by Gasteiger charge is -2.36. The van der Waals surface area contributed by atoms with E-state index in [2.05, 4.69) is 0 Å². The van der Waals surface area contributed by atoms with E-state index in [0.29, 0.717) is 11.3 Å². The molecular formula is C29H21N3O6. The number of amides is 2. The van der Waals surface area contributed by atoms with Crippen LogP contribution in [-0.4, -0.2) is 40.4 Å². The highest BCUT2D eigenvalue weighted by atomic mass is 16.6. The van der Waals surface area contributed by atoms with Crippen LogP contribution in [0.2, 0.25) is 0 Å². The number of ketones is 2. The van der Waals surface area contributed by atoms with E-state index < -0.39 is 46.4 Å².